The topological polar surface area (TPSA) is 83.6 Å². The van der Waals surface area contributed by atoms with Crippen LogP contribution in [0, 0.1) is 6.92 Å². The summed E-state index contributed by atoms with van der Waals surface area (Å²) in [6.07, 6.45) is 3.98. The Morgan fingerprint density at radius 1 is 0.971 bits per heavy atom. The normalized spacial score (nSPS) is 16.1. The average Bonchev–Trinajstić information content (AvgIpc) is 2.84. The SMILES string of the molecule is Cc1ccc2nc3c(c(C(=O)Nc4ccc(NC(=O)CN5CCOCC5)cc4)c2c1)CCCC3. The fraction of sp³-hybridized carbons (Fsp3) is 0.370. The Morgan fingerprint density at radius 2 is 1.68 bits per heavy atom. The smallest absolute Gasteiger partial charge is 0.256 e. The first kappa shape index (κ1) is 22.5. The van der Waals surface area contributed by atoms with Crippen LogP contribution in [-0.4, -0.2) is 54.5 Å². The van der Waals surface area contributed by atoms with Gasteiger partial charge in [0.1, 0.15) is 0 Å². The maximum atomic E-state index is 13.5. The summed E-state index contributed by atoms with van der Waals surface area (Å²) in [6.45, 7) is 5.25. The summed E-state index contributed by atoms with van der Waals surface area (Å²) in [5.74, 6) is -0.163. The highest BCUT2D eigenvalue weighted by atomic mass is 16.5. The molecular formula is C27H30N4O3. The lowest BCUT2D eigenvalue weighted by Gasteiger charge is -2.25. The molecule has 3 aromatic rings. The minimum Gasteiger partial charge on any atom is -0.379 e. The molecule has 1 aliphatic heterocycles. The fourth-order valence-electron chi connectivity index (χ4n) is 4.79. The van der Waals surface area contributed by atoms with E-state index >= 15 is 0 Å². The molecule has 2 aromatic carbocycles. The number of nitrogens with zero attached hydrogens (tertiary/aromatic N) is 2. The Kier molecular flexibility index (Phi) is 6.56. The Hall–Kier alpha value is -3.29. The molecule has 1 fully saturated rings. The van der Waals surface area contributed by atoms with Crippen LogP contribution in [0.2, 0.25) is 0 Å². The molecule has 2 N–H and O–H groups in total. The molecule has 0 atom stereocenters. The maximum absolute atomic E-state index is 13.5. The summed E-state index contributed by atoms with van der Waals surface area (Å²) >= 11 is 0. The maximum Gasteiger partial charge on any atom is 0.256 e. The minimum atomic E-state index is -0.111. The first-order valence-electron chi connectivity index (χ1n) is 12.0. The van der Waals surface area contributed by atoms with Crippen molar-refractivity contribution in [1.82, 2.24) is 9.88 Å². The fourth-order valence-corrected chi connectivity index (χ4v) is 4.79. The molecule has 7 nitrogen and oxygen atoms in total. The quantitative estimate of drug-likeness (QED) is 0.605. The van der Waals surface area contributed by atoms with Gasteiger partial charge in [-0.2, -0.15) is 0 Å². The molecule has 2 aliphatic rings. The van der Waals surface area contributed by atoms with Crippen LogP contribution in [0.4, 0.5) is 11.4 Å². The van der Waals surface area contributed by atoms with Crippen molar-refractivity contribution in [3.8, 4) is 0 Å². The van der Waals surface area contributed by atoms with Gasteiger partial charge in [0.05, 0.1) is 30.8 Å². The second-order valence-corrected chi connectivity index (χ2v) is 9.11. The highest BCUT2D eigenvalue weighted by Crippen LogP contribution is 2.30. The molecule has 0 radical (unpaired) electrons. The second-order valence-electron chi connectivity index (χ2n) is 9.11. The van der Waals surface area contributed by atoms with Gasteiger partial charge in [0.15, 0.2) is 0 Å². The first-order valence-corrected chi connectivity index (χ1v) is 12.0. The van der Waals surface area contributed by atoms with Crippen LogP contribution in [0.15, 0.2) is 42.5 Å². The van der Waals surface area contributed by atoms with Crippen LogP contribution < -0.4 is 10.6 Å². The van der Waals surface area contributed by atoms with Gasteiger partial charge in [-0.1, -0.05) is 11.6 Å². The van der Waals surface area contributed by atoms with E-state index in [1.54, 1.807) is 0 Å². The molecule has 1 saturated heterocycles. The summed E-state index contributed by atoms with van der Waals surface area (Å²) in [5.41, 5.74) is 6.24. The first-order chi connectivity index (χ1) is 16.6. The Morgan fingerprint density at radius 3 is 2.44 bits per heavy atom. The van der Waals surface area contributed by atoms with Crippen molar-refractivity contribution in [1.29, 1.82) is 0 Å². The molecule has 2 heterocycles. The predicted octanol–water partition coefficient (Wildman–Crippen LogP) is 3.95. The third-order valence-electron chi connectivity index (χ3n) is 6.54. The van der Waals surface area contributed by atoms with E-state index in [1.807, 2.05) is 43.3 Å². The number of fused-ring (bicyclic) bond motifs is 2. The van der Waals surface area contributed by atoms with Crippen molar-refractivity contribution >= 4 is 34.1 Å². The van der Waals surface area contributed by atoms with Crippen molar-refractivity contribution in [2.45, 2.75) is 32.6 Å². The molecule has 0 spiro atoms. The van der Waals surface area contributed by atoms with Crippen molar-refractivity contribution in [3.05, 3.63) is 64.8 Å². The number of morpholine rings is 1. The van der Waals surface area contributed by atoms with E-state index < -0.39 is 0 Å². The van der Waals surface area contributed by atoms with Crippen LogP contribution in [0.1, 0.15) is 40.0 Å². The zero-order valence-corrected chi connectivity index (χ0v) is 19.5. The molecule has 1 aliphatic carbocycles. The molecule has 7 heteroatoms. The van der Waals surface area contributed by atoms with E-state index in [0.717, 1.165) is 72.1 Å². The summed E-state index contributed by atoms with van der Waals surface area (Å²) in [4.78, 5) is 32.8. The van der Waals surface area contributed by atoms with E-state index in [-0.39, 0.29) is 11.8 Å². The largest absolute Gasteiger partial charge is 0.379 e. The summed E-state index contributed by atoms with van der Waals surface area (Å²) < 4.78 is 5.33. The van der Waals surface area contributed by atoms with Gasteiger partial charge in [0, 0.05) is 35.5 Å². The average molecular weight is 459 g/mol. The van der Waals surface area contributed by atoms with Gasteiger partial charge in [0.2, 0.25) is 5.91 Å². The van der Waals surface area contributed by atoms with Gasteiger partial charge in [-0.25, -0.2) is 0 Å². The zero-order valence-electron chi connectivity index (χ0n) is 19.5. The lowest BCUT2D eigenvalue weighted by Crippen LogP contribution is -2.41. The summed E-state index contributed by atoms with van der Waals surface area (Å²) in [7, 11) is 0. The number of benzene rings is 2. The lowest BCUT2D eigenvalue weighted by atomic mass is 9.89. The number of carbonyl (C=O) groups is 2. The number of aryl methyl sites for hydroxylation is 2. The number of nitrogens with one attached hydrogen (secondary N) is 2. The van der Waals surface area contributed by atoms with Crippen LogP contribution >= 0.6 is 0 Å². The van der Waals surface area contributed by atoms with Crippen LogP contribution in [-0.2, 0) is 22.4 Å². The number of rotatable bonds is 5. The third-order valence-corrected chi connectivity index (χ3v) is 6.54. The van der Waals surface area contributed by atoms with Crippen LogP contribution in [0.25, 0.3) is 10.9 Å². The lowest BCUT2D eigenvalue weighted by molar-refractivity contribution is -0.118. The number of aromatic nitrogens is 1. The number of carbonyl (C=O) groups excluding carboxylic acids is 2. The molecule has 1 aromatic heterocycles. The number of anilines is 2. The molecule has 5 rings (SSSR count). The van der Waals surface area contributed by atoms with Crippen molar-refractivity contribution < 1.29 is 14.3 Å². The Balaban J connectivity index is 1.32. The molecule has 0 unspecified atom stereocenters. The Bertz CT molecular complexity index is 1220. The summed E-state index contributed by atoms with van der Waals surface area (Å²) in [5, 5.41) is 6.90. The predicted molar refractivity (Wildman–Crippen MR) is 133 cm³/mol. The second kappa shape index (κ2) is 9.91. The highest BCUT2D eigenvalue weighted by molar-refractivity contribution is 6.13. The van der Waals surface area contributed by atoms with E-state index in [4.69, 9.17) is 9.72 Å². The molecule has 0 saturated carbocycles. The highest BCUT2D eigenvalue weighted by Gasteiger charge is 2.23. The third kappa shape index (κ3) is 4.95. The van der Waals surface area contributed by atoms with Gasteiger partial charge < -0.3 is 15.4 Å². The van der Waals surface area contributed by atoms with Gasteiger partial charge in [-0.15, -0.1) is 0 Å². The van der Waals surface area contributed by atoms with Crippen molar-refractivity contribution in [3.63, 3.8) is 0 Å². The standard InChI is InChI=1S/C27H30N4O3/c1-18-6-11-24-22(16-18)26(21-4-2-3-5-23(21)30-24)27(33)29-20-9-7-19(8-10-20)28-25(32)17-31-12-14-34-15-13-31/h6-11,16H,2-5,12-15,17H2,1H3,(H,28,32)(H,29,33). The summed E-state index contributed by atoms with van der Waals surface area (Å²) in [6, 6.07) is 13.4. The van der Waals surface area contributed by atoms with Crippen LogP contribution in [0.3, 0.4) is 0 Å². The number of ether oxygens (including phenoxy) is 1. The number of pyridine rings is 1. The molecule has 176 valence electrons. The van der Waals surface area contributed by atoms with E-state index in [1.165, 1.54) is 0 Å². The van der Waals surface area contributed by atoms with Gasteiger partial charge in [0.25, 0.3) is 5.91 Å². The molecular weight excluding hydrogens is 428 g/mol. The van der Waals surface area contributed by atoms with Gasteiger partial charge in [-0.05, 0) is 74.6 Å². The monoisotopic (exact) mass is 458 g/mol. The number of hydrogen-bond donors (Lipinski definition) is 2. The van der Waals surface area contributed by atoms with E-state index in [2.05, 4.69) is 21.6 Å². The zero-order chi connectivity index (χ0) is 23.5. The van der Waals surface area contributed by atoms with Gasteiger partial charge >= 0.3 is 0 Å². The van der Waals surface area contributed by atoms with Crippen molar-refractivity contribution in [2.75, 3.05) is 43.5 Å². The molecule has 0 bridgehead atoms. The van der Waals surface area contributed by atoms with E-state index in [9.17, 15) is 9.59 Å². The van der Waals surface area contributed by atoms with E-state index in [0.29, 0.717) is 31.1 Å². The number of hydrogen-bond acceptors (Lipinski definition) is 5. The Labute approximate surface area is 199 Å². The molecule has 2 amide bonds. The minimum absolute atomic E-state index is 0.0519. The van der Waals surface area contributed by atoms with Crippen LogP contribution in [0.5, 0.6) is 0 Å². The van der Waals surface area contributed by atoms with Crippen molar-refractivity contribution in [2.24, 2.45) is 0 Å². The van der Waals surface area contributed by atoms with Gasteiger partial charge in [-0.3, -0.25) is 19.5 Å². The number of amides is 2. The molecule has 34 heavy (non-hydrogen) atoms.